The average molecular weight is 202 g/mol. The second-order valence-electron chi connectivity index (χ2n) is 3.68. The van der Waals surface area contributed by atoms with E-state index in [-0.39, 0.29) is 6.42 Å². The van der Waals surface area contributed by atoms with Crippen LogP contribution < -0.4 is 0 Å². The van der Waals surface area contributed by atoms with Crippen LogP contribution in [-0.4, -0.2) is 23.7 Å². The predicted molar refractivity (Wildman–Crippen MR) is 51.8 cm³/mol. The second kappa shape index (κ2) is 6.40. The molecule has 82 valence electrons. The molecule has 14 heavy (non-hydrogen) atoms. The zero-order valence-corrected chi connectivity index (χ0v) is 8.95. The molecule has 1 N–H and O–H groups in total. The van der Waals surface area contributed by atoms with Gasteiger partial charge in [0.1, 0.15) is 0 Å². The van der Waals surface area contributed by atoms with Gasteiger partial charge in [-0.15, -0.1) is 0 Å². The van der Waals surface area contributed by atoms with Crippen LogP contribution in [0, 0.1) is 11.8 Å². The Balaban J connectivity index is 4.22. The van der Waals surface area contributed by atoms with Gasteiger partial charge in [0.2, 0.25) is 0 Å². The lowest BCUT2D eigenvalue weighted by Gasteiger charge is -2.15. The smallest absolute Gasteiger partial charge is 0.309 e. The fraction of sp³-hybridized carbons (Fsp3) is 0.800. The fourth-order valence-corrected chi connectivity index (χ4v) is 1.30. The normalized spacial score (nSPS) is 12.6. The molecule has 0 aliphatic rings. The van der Waals surface area contributed by atoms with Gasteiger partial charge in [0.05, 0.1) is 18.9 Å². The number of aliphatic carboxylic acids is 1. The molecule has 0 radical (unpaired) electrons. The van der Waals surface area contributed by atoms with Crippen LogP contribution in [0.25, 0.3) is 0 Å². The third-order valence-electron chi connectivity index (χ3n) is 1.80. The van der Waals surface area contributed by atoms with E-state index in [2.05, 4.69) is 0 Å². The molecule has 0 saturated carbocycles. The van der Waals surface area contributed by atoms with Crippen molar-refractivity contribution in [2.75, 3.05) is 6.61 Å². The maximum absolute atomic E-state index is 11.3. The molecule has 0 heterocycles. The van der Waals surface area contributed by atoms with E-state index in [1.807, 2.05) is 13.8 Å². The molecule has 0 amide bonds. The first kappa shape index (κ1) is 12.9. The Morgan fingerprint density at radius 2 is 1.93 bits per heavy atom. The molecule has 1 atom stereocenters. The average Bonchev–Trinajstić information content (AvgIpc) is 2.01. The Morgan fingerprint density at radius 3 is 2.29 bits per heavy atom. The summed E-state index contributed by atoms with van der Waals surface area (Å²) in [4.78, 5) is 21.8. The Hall–Kier alpha value is -1.06. The lowest BCUT2D eigenvalue weighted by molar-refractivity contribution is -0.153. The van der Waals surface area contributed by atoms with Gasteiger partial charge in [-0.25, -0.2) is 0 Å². The molecule has 0 aromatic rings. The third kappa shape index (κ3) is 5.56. The Kier molecular flexibility index (Phi) is 5.92. The van der Waals surface area contributed by atoms with Crippen LogP contribution in [0.5, 0.6) is 0 Å². The van der Waals surface area contributed by atoms with Crippen LogP contribution in [0.2, 0.25) is 0 Å². The van der Waals surface area contributed by atoms with Crippen molar-refractivity contribution < 1.29 is 19.4 Å². The van der Waals surface area contributed by atoms with Crippen molar-refractivity contribution in [3.63, 3.8) is 0 Å². The van der Waals surface area contributed by atoms with Crippen molar-refractivity contribution in [2.45, 2.75) is 33.6 Å². The first-order valence-corrected chi connectivity index (χ1v) is 4.85. The maximum Gasteiger partial charge on any atom is 0.309 e. The Bertz CT molecular complexity index is 198. The molecule has 0 rings (SSSR count). The number of carbonyl (C=O) groups is 2. The molecular formula is C10H18O4. The van der Waals surface area contributed by atoms with Crippen molar-refractivity contribution in [2.24, 2.45) is 11.8 Å². The molecule has 4 nitrogen and oxygen atoms in total. The Labute approximate surface area is 84.3 Å². The lowest BCUT2D eigenvalue weighted by atomic mass is 9.94. The number of carboxylic acid groups (broad SMARTS) is 1. The summed E-state index contributed by atoms with van der Waals surface area (Å²) in [6.07, 6.45) is 0.419. The van der Waals surface area contributed by atoms with E-state index in [1.165, 1.54) is 0 Å². The highest BCUT2D eigenvalue weighted by molar-refractivity contribution is 5.79. The van der Waals surface area contributed by atoms with Crippen molar-refractivity contribution in [3.05, 3.63) is 0 Å². The minimum atomic E-state index is -0.955. The Morgan fingerprint density at radius 1 is 1.36 bits per heavy atom. The molecule has 0 saturated heterocycles. The number of hydrogen-bond donors (Lipinski definition) is 1. The summed E-state index contributed by atoms with van der Waals surface area (Å²) in [5, 5.41) is 8.61. The van der Waals surface area contributed by atoms with Gasteiger partial charge in [0, 0.05) is 0 Å². The molecule has 0 aromatic heterocycles. The molecule has 0 fully saturated rings. The first-order chi connectivity index (χ1) is 6.47. The van der Waals surface area contributed by atoms with E-state index in [0.717, 1.165) is 0 Å². The van der Waals surface area contributed by atoms with Crippen LogP contribution in [0.4, 0.5) is 0 Å². The maximum atomic E-state index is 11.3. The minimum Gasteiger partial charge on any atom is -0.481 e. The number of carboxylic acids is 1. The summed E-state index contributed by atoms with van der Waals surface area (Å²) in [5.41, 5.74) is 0. The number of carbonyl (C=O) groups excluding carboxylic acids is 1. The summed E-state index contributed by atoms with van der Waals surface area (Å²) in [5.74, 6) is -1.57. The molecule has 0 spiro atoms. The second-order valence-corrected chi connectivity index (χ2v) is 3.68. The SMILES string of the molecule is CCOC(=O)[C@H](CC(=O)O)CC(C)C. The minimum absolute atomic E-state index is 0.142. The lowest BCUT2D eigenvalue weighted by Crippen LogP contribution is -2.22. The predicted octanol–water partition coefficient (Wildman–Crippen LogP) is 1.69. The number of rotatable bonds is 6. The van der Waals surface area contributed by atoms with Gasteiger partial charge in [0.25, 0.3) is 0 Å². The van der Waals surface area contributed by atoms with Crippen molar-refractivity contribution in [1.29, 1.82) is 0 Å². The van der Waals surface area contributed by atoms with Crippen LogP contribution in [0.1, 0.15) is 33.6 Å². The van der Waals surface area contributed by atoms with Gasteiger partial charge in [-0.2, -0.15) is 0 Å². The summed E-state index contributed by atoms with van der Waals surface area (Å²) in [7, 11) is 0. The van der Waals surface area contributed by atoms with E-state index >= 15 is 0 Å². The molecule has 0 aromatic carbocycles. The van der Waals surface area contributed by atoms with Crippen LogP contribution >= 0.6 is 0 Å². The molecule has 0 aliphatic carbocycles. The van der Waals surface area contributed by atoms with E-state index in [4.69, 9.17) is 9.84 Å². The highest BCUT2D eigenvalue weighted by atomic mass is 16.5. The van der Waals surface area contributed by atoms with E-state index in [9.17, 15) is 9.59 Å². The number of hydrogen-bond acceptors (Lipinski definition) is 3. The van der Waals surface area contributed by atoms with Gasteiger partial charge < -0.3 is 9.84 Å². The number of esters is 1. The fourth-order valence-electron chi connectivity index (χ4n) is 1.30. The van der Waals surface area contributed by atoms with Crippen molar-refractivity contribution in [3.8, 4) is 0 Å². The molecule has 4 heteroatoms. The quantitative estimate of drug-likeness (QED) is 0.666. The molecule has 0 unspecified atom stereocenters. The van der Waals surface area contributed by atoms with E-state index in [0.29, 0.717) is 18.9 Å². The highest BCUT2D eigenvalue weighted by Gasteiger charge is 2.23. The summed E-state index contributed by atoms with van der Waals surface area (Å²) >= 11 is 0. The van der Waals surface area contributed by atoms with Gasteiger partial charge in [0.15, 0.2) is 0 Å². The first-order valence-electron chi connectivity index (χ1n) is 4.85. The van der Waals surface area contributed by atoms with Crippen molar-refractivity contribution in [1.82, 2.24) is 0 Å². The third-order valence-corrected chi connectivity index (χ3v) is 1.80. The van der Waals surface area contributed by atoms with E-state index in [1.54, 1.807) is 6.92 Å². The largest absolute Gasteiger partial charge is 0.481 e. The molecule has 0 bridgehead atoms. The summed E-state index contributed by atoms with van der Waals surface area (Å²) in [6.45, 7) is 5.92. The molecule has 0 aliphatic heterocycles. The van der Waals surface area contributed by atoms with Gasteiger partial charge in [-0.1, -0.05) is 13.8 Å². The highest BCUT2D eigenvalue weighted by Crippen LogP contribution is 2.17. The van der Waals surface area contributed by atoms with E-state index < -0.39 is 17.9 Å². The van der Waals surface area contributed by atoms with Gasteiger partial charge in [-0.05, 0) is 19.3 Å². The summed E-state index contributed by atoms with van der Waals surface area (Å²) in [6, 6.07) is 0. The number of ether oxygens (including phenoxy) is 1. The molecular weight excluding hydrogens is 184 g/mol. The van der Waals surface area contributed by atoms with Crippen LogP contribution in [0.3, 0.4) is 0 Å². The van der Waals surface area contributed by atoms with Gasteiger partial charge in [-0.3, -0.25) is 9.59 Å². The topological polar surface area (TPSA) is 63.6 Å². The standard InChI is InChI=1S/C10H18O4/c1-4-14-10(13)8(5-7(2)3)6-9(11)12/h7-8H,4-6H2,1-3H3,(H,11,12)/t8-/m0/s1. The zero-order valence-electron chi connectivity index (χ0n) is 8.95. The van der Waals surface area contributed by atoms with Crippen LogP contribution in [0.15, 0.2) is 0 Å². The van der Waals surface area contributed by atoms with Crippen LogP contribution in [-0.2, 0) is 14.3 Å². The van der Waals surface area contributed by atoms with Crippen molar-refractivity contribution >= 4 is 11.9 Å². The van der Waals surface area contributed by atoms with Gasteiger partial charge >= 0.3 is 11.9 Å². The summed E-state index contributed by atoms with van der Waals surface area (Å²) < 4.78 is 4.80. The zero-order chi connectivity index (χ0) is 11.1. The monoisotopic (exact) mass is 202 g/mol.